The number of pyridine rings is 1. The largest absolute Gasteiger partial charge is 0.363 e. The summed E-state index contributed by atoms with van der Waals surface area (Å²) < 4.78 is 4.75. The van der Waals surface area contributed by atoms with E-state index in [0.29, 0.717) is 27.6 Å². The number of benzene rings is 2. The van der Waals surface area contributed by atoms with Crippen LogP contribution in [0.1, 0.15) is 10.4 Å². The van der Waals surface area contributed by atoms with Crippen LogP contribution in [0.25, 0.3) is 22.2 Å². The number of fused-ring (bicyclic) bond motifs is 1. The van der Waals surface area contributed by atoms with Gasteiger partial charge in [-0.1, -0.05) is 53.2 Å². The number of hydrogen-bond acceptors (Lipinski definition) is 4. The number of rotatable bonds is 3. The van der Waals surface area contributed by atoms with Gasteiger partial charge in [-0.05, 0) is 18.2 Å². The van der Waals surface area contributed by atoms with Crippen LogP contribution in [0.3, 0.4) is 0 Å². The number of aromatic nitrogens is 2. The number of halogens is 1. The summed E-state index contributed by atoms with van der Waals surface area (Å²) in [5, 5.41) is 7.76. The van der Waals surface area contributed by atoms with Crippen LogP contribution in [0.4, 0.5) is 5.82 Å². The second kappa shape index (κ2) is 6.37. The highest BCUT2D eigenvalue weighted by Gasteiger charge is 2.16. The molecule has 1 N–H and O–H groups in total. The maximum Gasteiger partial charge on any atom is 0.257 e. The molecule has 1 amide bonds. The summed E-state index contributed by atoms with van der Waals surface area (Å²) in [4.78, 5) is 17.4. The first-order chi connectivity index (χ1) is 12.2. The van der Waals surface area contributed by atoms with Crippen LogP contribution in [0, 0.1) is 0 Å². The lowest BCUT2D eigenvalue weighted by molar-refractivity contribution is 0.102. The molecule has 4 aromatic rings. The van der Waals surface area contributed by atoms with E-state index in [1.807, 2.05) is 42.5 Å². The van der Waals surface area contributed by atoms with Crippen molar-refractivity contribution in [3.8, 4) is 11.3 Å². The van der Waals surface area contributed by atoms with Crippen LogP contribution >= 0.6 is 11.6 Å². The molecule has 0 aliphatic rings. The van der Waals surface area contributed by atoms with Crippen molar-refractivity contribution in [1.29, 1.82) is 0 Å². The number of nitrogens with zero attached hydrogens (tertiary/aromatic N) is 2. The van der Waals surface area contributed by atoms with Crippen LogP contribution in [0.5, 0.6) is 0 Å². The van der Waals surface area contributed by atoms with Gasteiger partial charge in [0.1, 0.15) is 6.26 Å². The van der Waals surface area contributed by atoms with Crippen LogP contribution in [0.2, 0.25) is 5.02 Å². The zero-order valence-corrected chi connectivity index (χ0v) is 13.7. The third-order valence-corrected chi connectivity index (χ3v) is 4.12. The van der Waals surface area contributed by atoms with E-state index in [4.69, 9.17) is 16.1 Å². The van der Waals surface area contributed by atoms with Gasteiger partial charge in [0.2, 0.25) is 0 Å². The van der Waals surface area contributed by atoms with Crippen molar-refractivity contribution in [3.63, 3.8) is 0 Å². The lowest BCUT2D eigenvalue weighted by Gasteiger charge is -2.10. The van der Waals surface area contributed by atoms with Crippen molar-refractivity contribution < 1.29 is 9.32 Å². The third-order valence-electron chi connectivity index (χ3n) is 3.79. The summed E-state index contributed by atoms with van der Waals surface area (Å²) in [6.45, 7) is 0. The van der Waals surface area contributed by atoms with Crippen molar-refractivity contribution in [2.75, 3.05) is 5.32 Å². The minimum absolute atomic E-state index is 0.291. The Balaban J connectivity index is 1.87. The first kappa shape index (κ1) is 15.4. The van der Waals surface area contributed by atoms with E-state index in [-0.39, 0.29) is 5.91 Å². The molecule has 2 aromatic carbocycles. The van der Waals surface area contributed by atoms with Gasteiger partial charge in [0, 0.05) is 22.0 Å². The topological polar surface area (TPSA) is 68.0 Å². The predicted molar refractivity (Wildman–Crippen MR) is 96.6 cm³/mol. The number of carbonyl (C=O) groups excluding carboxylic acids is 1. The summed E-state index contributed by atoms with van der Waals surface area (Å²) in [7, 11) is 0. The monoisotopic (exact) mass is 349 g/mol. The van der Waals surface area contributed by atoms with Gasteiger partial charge in [0.05, 0.1) is 16.8 Å². The third kappa shape index (κ3) is 2.97. The van der Waals surface area contributed by atoms with Crippen LogP contribution in [-0.2, 0) is 0 Å². The summed E-state index contributed by atoms with van der Waals surface area (Å²) in [5.74, 6) is 0.0611. The van der Waals surface area contributed by atoms with Crippen molar-refractivity contribution in [2.45, 2.75) is 0 Å². The fourth-order valence-electron chi connectivity index (χ4n) is 2.63. The molecule has 0 atom stereocenters. The van der Waals surface area contributed by atoms with Crippen LogP contribution in [-0.4, -0.2) is 16.0 Å². The molecule has 0 radical (unpaired) electrons. The normalized spacial score (nSPS) is 10.8. The van der Waals surface area contributed by atoms with E-state index in [1.54, 1.807) is 18.2 Å². The van der Waals surface area contributed by atoms with Crippen molar-refractivity contribution in [1.82, 2.24) is 10.1 Å². The average molecular weight is 350 g/mol. The summed E-state index contributed by atoms with van der Waals surface area (Å²) in [6.07, 6.45) is 1.40. The zero-order chi connectivity index (χ0) is 17.2. The molecule has 0 bridgehead atoms. The Morgan fingerprint density at radius 3 is 2.64 bits per heavy atom. The molecule has 0 saturated heterocycles. The van der Waals surface area contributed by atoms with Crippen LogP contribution < -0.4 is 5.32 Å². The van der Waals surface area contributed by atoms with Crippen LogP contribution in [0.15, 0.2) is 71.4 Å². The Bertz CT molecular complexity index is 1060. The average Bonchev–Trinajstić information content (AvgIpc) is 3.14. The first-order valence-corrected chi connectivity index (χ1v) is 7.96. The molecule has 4 rings (SSSR count). The highest BCUT2D eigenvalue weighted by molar-refractivity contribution is 6.33. The highest BCUT2D eigenvalue weighted by atomic mass is 35.5. The van der Waals surface area contributed by atoms with Crippen molar-refractivity contribution in [2.24, 2.45) is 0 Å². The molecule has 0 unspecified atom stereocenters. The Hall–Kier alpha value is -3.18. The van der Waals surface area contributed by atoms with Crippen molar-refractivity contribution >= 4 is 34.2 Å². The molecule has 6 heteroatoms. The number of nitrogens with one attached hydrogen (secondary N) is 1. The number of amides is 1. The Labute approximate surface area is 148 Å². The maximum absolute atomic E-state index is 12.7. The number of para-hydroxylation sites is 1. The SMILES string of the molecule is O=C(Nc1ccon1)c1cc(-c2ccccc2Cl)nc2ccccc12. The summed E-state index contributed by atoms with van der Waals surface area (Å²) in [6, 6.07) is 18.2. The van der Waals surface area contributed by atoms with Gasteiger partial charge < -0.3 is 9.84 Å². The quantitative estimate of drug-likeness (QED) is 0.577. The molecular weight excluding hydrogens is 338 g/mol. The van der Waals surface area contributed by atoms with Gasteiger partial charge in [0.25, 0.3) is 5.91 Å². The lowest BCUT2D eigenvalue weighted by Crippen LogP contribution is -2.13. The lowest BCUT2D eigenvalue weighted by atomic mass is 10.0. The van der Waals surface area contributed by atoms with Gasteiger partial charge in [0.15, 0.2) is 5.82 Å². The maximum atomic E-state index is 12.7. The van der Waals surface area contributed by atoms with E-state index in [2.05, 4.69) is 15.5 Å². The second-order valence-corrected chi connectivity index (χ2v) is 5.80. The first-order valence-electron chi connectivity index (χ1n) is 7.59. The molecule has 0 aliphatic heterocycles. The van der Waals surface area contributed by atoms with E-state index in [9.17, 15) is 4.79 Å². The standard InChI is InChI=1S/C19H12ClN3O2/c20-15-7-3-1-6-13(15)17-11-14(12-5-2-4-8-16(12)21-17)19(24)22-18-9-10-25-23-18/h1-11H,(H,22,23,24). The van der Waals surface area contributed by atoms with E-state index in [1.165, 1.54) is 6.26 Å². The van der Waals surface area contributed by atoms with Gasteiger partial charge >= 0.3 is 0 Å². The smallest absolute Gasteiger partial charge is 0.257 e. The molecule has 25 heavy (non-hydrogen) atoms. The summed E-state index contributed by atoms with van der Waals surface area (Å²) in [5.41, 5.74) is 2.61. The second-order valence-electron chi connectivity index (χ2n) is 5.39. The molecular formula is C19H12ClN3O2. The van der Waals surface area contributed by atoms with Gasteiger partial charge in [-0.2, -0.15) is 0 Å². The van der Waals surface area contributed by atoms with Gasteiger partial charge in [-0.3, -0.25) is 4.79 Å². The fraction of sp³-hybridized carbons (Fsp3) is 0. The molecule has 5 nitrogen and oxygen atoms in total. The predicted octanol–water partition coefficient (Wildman–Crippen LogP) is 4.80. The van der Waals surface area contributed by atoms with E-state index < -0.39 is 0 Å². The van der Waals surface area contributed by atoms with Gasteiger partial charge in [-0.25, -0.2) is 4.98 Å². The number of carbonyl (C=O) groups is 1. The molecule has 0 aliphatic carbocycles. The molecule has 2 heterocycles. The molecule has 122 valence electrons. The Morgan fingerprint density at radius 1 is 1.04 bits per heavy atom. The molecule has 2 aromatic heterocycles. The summed E-state index contributed by atoms with van der Waals surface area (Å²) >= 11 is 6.29. The molecule has 0 fully saturated rings. The minimum atomic E-state index is -0.291. The fourth-order valence-corrected chi connectivity index (χ4v) is 2.86. The number of anilines is 1. The molecule has 0 spiro atoms. The van der Waals surface area contributed by atoms with Gasteiger partial charge in [-0.15, -0.1) is 0 Å². The number of hydrogen-bond donors (Lipinski definition) is 1. The molecule has 0 saturated carbocycles. The highest BCUT2D eigenvalue weighted by Crippen LogP contribution is 2.30. The van der Waals surface area contributed by atoms with E-state index in [0.717, 1.165) is 10.9 Å². The van der Waals surface area contributed by atoms with E-state index >= 15 is 0 Å². The Kier molecular flexibility index (Phi) is 3.91. The Morgan fingerprint density at radius 2 is 1.84 bits per heavy atom. The van der Waals surface area contributed by atoms with Crippen molar-refractivity contribution in [3.05, 3.63) is 77.5 Å². The zero-order valence-electron chi connectivity index (χ0n) is 12.9. The minimum Gasteiger partial charge on any atom is -0.363 e.